The van der Waals surface area contributed by atoms with Crippen LogP contribution < -0.4 is 0 Å². The molecule has 17 heavy (non-hydrogen) atoms. The van der Waals surface area contributed by atoms with E-state index < -0.39 is 10.5 Å². The summed E-state index contributed by atoms with van der Waals surface area (Å²) in [5, 5.41) is 27.9. The number of unbranched alkanes of at least 4 members (excludes halogenated alkanes) is 2. The molecule has 0 aromatic heterocycles. The maximum atomic E-state index is 9.78. The Labute approximate surface area is 110 Å². The Morgan fingerprint density at radius 2 is 2.24 bits per heavy atom. The third-order valence-electron chi connectivity index (χ3n) is 2.42. The number of aliphatic hydroxyl groups excluding tert-OH is 2. The van der Waals surface area contributed by atoms with Gasteiger partial charge in [-0.1, -0.05) is 26.2 Å². The van der Waals surface area contributed by atoms with E-state index in [4.69, 9.17) is 15.1 Å². The largest absolute Gasteiger partial charge is 0.515 e. The highest BCUT2D eigenvalue weighted by atomic mass is 32.1. The first-order chi connectivity index (χ1) is 8.02. The Bertz CT molecular complexity index is 289. The molecule has 6 heteroatoms. The Kier molecular flexibility index (Phi) is 8.52. The number of thiol groups is 1. The molecule has 0 saturated heterocycles. The first kappa shape index (κ1) is 16.6. The molecule has 0 aromatic rings. The van der Waals surface area contributed by atoms with Crippen molar-refractivity contribution in [2.24, 2.45) is 0 Å². The number of rotatable bonds is 8. The summed E-state index contributed by atoms with van der Waals surface area (Å²) in [6.07, 6.45) is 2.93. The van der Waals surface area contributed by atoms with Gasteiger partial charge in [-0.2, -0.15) is 17.9 Å². The minimum Gasteiger partial charge on any atom is -0.515 e. The maximum Gasteiger partial charge on any atom is 0.131 e. The van der Waals surface area contributed by atoms with Gasteiger partial charge in [-0.25, -0.2) is 0 Å². The van der Waals surface area contributed by atoms with E-state index in [9.17, 15) is 5.11 Å². The Morgan fingerprint density at radius 3 is 2.65 bits per heavy atom. The standard InChI is InChI=1S/C11H20NO3SSi/c1-3-4-5-6-11(16,8-12)17-10(14)9(7-13)15-2/h9,13-14,16H,3-7H2,1-2H3. The molecule has 0 spiro atoms. The molecule has 2 unspecified atom stereocenters. The third kappa shape index (κ3) is 6.22. The first-order valence-electron chi connectivity index (χ1n) is 5.64. The fraction of sp³-hybridized carbons (Fsp3) is 0.818. The molecule has 0 heterocycles. The van der Waals surface area contributed by atoms with E-state index in [1.54, 1.807) is 0 Å². The molecule has 0 aromatic carbocycles. The SMILES string of the molecule is CCCCCC(S)(C#N)[Si]=C(O)C(CO)OC. The van der Waals surface area contributed by atoms with Crippen LogP contribution >= 0.6 is 12.6 Å². The smallest absolute Gasteiger partial charge is 0.131 e. The summed E-state index contributed by atoms with van der Waals surface area (Å²) in [5.41, 5.74) is 0. The van der Waals surface area contributed by atoms with Crippen LogP contribution in [0.2, 0.25) is 0 Å². The molecular weight excluding hydrogens is 254 g/mol. The van der Waals surface area contributed by atoms with Gasteiger partial charge in [-0.3, -0.25) is 0 Å². The summed E-state index contributed by atoms with van der Waals surface area (Å²) >= 11 is 4.34. The highest BCUT2D eigenvalue weighted by Crippen LogP contribution is 2.19. The van der Waals surface area contributed by atoms with Crippen molar-refractivity contribution in [3.63, 3.8) is 0 Å². The van der Waals surface area contributed by atoms with E-state index in [0.29, 0.717) is 6.42 Å². The zero-order valence-electron chi connectivity index (χ0n) is 10.3. The quantitative estimate of drug-likeness (QED) is 0.350. The molecule has 4 nitrogen and oxygen atoms in total. The summed E-state index contributed by atoms with van der Waals surface area (Å²) in [7, 11) is 1.25. The molecule has 0 amide bonds. The molecule has 2 atom stereocenters. The predicted molar refractivity (Wildman–Crippen MR) is 72.1 cm³/mol. The highest BCUT2D eigenvalue weighted by Gasteiger charge is 2.25. The molecule has 0 bridgehead atoms. The van der Waals surface area contributed by atoms with Crippen LogP contribution in [0.4, 0.5) is 0 Å². The van der Waals surface area contributed by atoms with E-state index in [2.05, 4.69) is 25.6 Å². The Hall–Kier alpha value is -0.353. The molecule has 0 rings (SSSR count). The van der Waals surface area contributed by atoms with Crippen molar-refractivity contribution >= 4 is 27.1 Å². The number of nitrogens with zero attached hydrogens (tertiary/aromatic N) is 1. The molecule has 97 valence electrons. The summed E-state index contributed by atoms with van der Waals surface area (Å²) in [6.45, 7) is 1.80. The van der Waals surface area contributed by atoms with Gasteiger partial charge < -0.3 is 14.9 Å². The predicted octanol–water partition coefficient (Wildman–Crippen LogP) is 0.930. The molecule has 0 aliphatic carbocycles. The van der Waals surface area contributed by atoms with Crippen LogP contribution in [0.1, 0.15) is 32.6 Å². The minimum atomic E-state index is -0.856. The first-order valence-corrected chi connectivity index (χ1v) is 7.09. The lowest BCUT2D eigenvalue weighted by atomic mass is 10.1. The second-order valence-corrected chi connectivity index (χ2v) is 6.65. The van der Waals surface area contributed by atoms with E-state index in [1.807, 2.05) is 0 Å². The van der Waals surface area contributed by atoms with Gasteiger partial charge in [-0.05, 0) is 6.42 Å². The van der Waals surface area contributed by atoms with Gasteiger partial charge in [0.05, 0.1) is 18.0 Å². The van der Waals surface area contributed by atoms with Crippen LogP contribution in [0.15, 0.2) is 0 Å². The number of hydrogen-bond donors (Lipinski definition) is 3. The fourth-order valence-corrected chi connectivity index (χ4v) is 3.00. The molecular formula is C11H20NO3SSi. The summed E-state index contributed by atoms with van der Waals surface area (Å²) < 4.78 is 4.05. The number of methoxy groups -OCH3 is 1. The lowest BCUT2D eigenvalue weighted by Crippen LogP contribution is -2.36. The number of aliphatic hydroxyl groups is 2. The van der Waals surface area contributed by atoms with Crippen molar-refractivity contribution in [1.29, 1.82) is 5.26 Å². The summed E-state index contributed by atoms with van der Waals surface area (Å²) in [6, 6.07) is 2.13. The van der Waals surface area contributed by atoms with Crippen LogP contribution in [0, 0.1) is 11.3 Å². The average Bonchev–Trinajstić information content (AvgIpc) is 2.31. The minimum absolute atomic E-state index is 0.00282. The Balaban J connectivity index is 4.64. The van der Waals surface area contributed by atoms with Crippen LogP contribution in [0.3, 0.4) is 0 Å². The number of hydrogen-bond acceptors (Lipinski definition) is 5. The average molecular weight is 274 g/mol. The van der Waals surface area contributed by atoms with Gasteiger partial charge in [0.2, 0.25) is 0 Å². The fourth-order valence-electron chi connectivity index (χ4n) is 1.34. The van der Waals surface area contributed by atoms with Crippen LogP contribution in [-0.2, 0) is 4.74 Å². The second kappa shape index (κ2) is 8.70. The van der Waals surface area contributed by atoms with E-state index in [-0.39, 0.29) is 21.1 Å². The van der Waals surface area contributed by atoms with Gasteiger partial charge in [0.15, 0.2) is 0 Å². The van der Waals surface area contributed by atoms with Gasteiger partial charge in [0.25, 0.3) is 0 Å². The number of nitriles is 1. The van der Waals surface area contributed by atoms with Crippen molar-refractivity contribution in [3.05, 3.63) is 0 Å². The van der Waals surface area contributed by atoms with Crippen molar-refractivity contribution in [1.82, 2.24) is 0 Å². The summed E-state index contributed by atoms with van der Waals surface area (Å²) in [4.78, 5) is 0. The molecule has 2 N–H and O–H groups in total. The number of ether oxygens (including phenoxy) is 1. The maximum absolute atomic E-state index is 9.78. The van der Waals surface area contributed by atoms with Gasteiger partial charge >= 0.3 is 0 Å². The topological polar surface area (TPSA) is 73.5 Å². The lowest BCUT2D eigenvalue weighted by molar-refractivity contribution is 0.0852. The molecule has 1 radical (unpaired) electrons. The van der Waals surface area contributed by atoms with E-state index in [0.717, 1.165) is 19.3 Å². The van der Waals surface area contributed by atoms with Crippen molar-refractivity contribution < 1.29 is 14.9 Å². The normalized spacial score (nSPS) is 17.2. The molecule has 0 aliphatic heterocycles. The zero-order chi connectivity index (χ0) is 13.3. The van der Waals surface area contributed by atoms with Crippen molar-refractivity contribution in [2.45, 2.75) is 43.1 Å². The van der Waals surface area contributed by atoms with E-state index in [1.165, 1.54) is 7.11 Å². The molecule has 0 fully saturated rings. The van der Waals surface area contributed by atoms with Gasteiger partial charge in [0.1, 0.15) is 19.6 Å². The monoisotopic (exact) mass is 274 g/mol. The van der Waals surface area contributed by atoms with Gasteiger partial charge in [-0.15, -0.1) is 0 Å². The molecule has 0 aliphatic rings. The second-order valence-electron chi connectivity index (χ2n) is 3.85. The summed E-state index contributed by atoms with van der Waals surface area (Å²) in [5.74, 6) is 0. The van der Waals surface area contributed by atoms with Crippen LogP contribution in [0.25, 0.3) is 0 Å². The Morgan fingerprint density at radius 1 is 1.59 bits per heavy atom. The van der Waals surface area contributed by atoms with Crippen molar-refractivity contribution in [2.75, 3.05) is 13.7 Å². The lowest BCUT2D eigenvalue weighted by Gasteiger charge is -2.18. The van der Waals surface area contributed by atoms with Crippen molar-refractivity contribution in [3.8, 4) is 6.07 Å². The van der Waals surface area contributed by atoms with Crippen LogP contribution in [-0.4, -0.2) is 48.9 Å². The highest BCUT2D eigenvalue weighted by molar-refractivity contribution is 7.83. The van der Waals surface area contributed by atoms with Gasteiger partial charge in [0, 0.05) is 7.11 Å². The van der Waals surface area contributed by atoms with E-state index >= 15 is 0 Å². The molecule has 0 saturated carbocycles. The third-order valence-corrected chi connectivity index (χ3v) is 4.43. The zero-order valence-corrected chi connectivity index (χ0v) is 12.2. The van der Waals surface area contributed by atoms with Crippen LogP contribution in [0.5, 0.6) is 0 Å².